The first-order valence-corrected chi connectivity index (χ1v) is 4.90. The van der Waals surface area contributed by atoms with Crippen molar-refractivity contribution in [3.63, 3.8) is 0 Å². The minimum absolute atomic E-state index is 0.227. The monoisotopic (exact) mass is 186 g/mol. The normalized spacial score (nSPS) is 21.1. The lowest BCUT2D eigenvalue weighted by Gasteiger charge is -2.27. The molecule has 0 radical (unpaired) electrons. The third-order valence-corrected chi connectivity index (χ3v) is 2.77. The number of ether oxygens (including phenoxy) is 2. The minimum atomic E-state index is -0.342. The third kappa shape index (κ3) is 2.69. The molecule has 0 amide bonds. The Morgan fingerprint density at radius 3 is 2.31 bits per heavy atom. The van der Waals surface area contributed by atoms with Gasteiger partial charge in [-0.05, 0) is 18.8 Å². The molecular formula is C10H18O3. The van der Waals surface area contributed by atoms with Crippen molar-refractivity contribution in [2.75, 3.05) is 14.2 Å². The number of hydrogen-bond acceptors (Lipinski definition) is 3. The molecule has 1 aliphatic rings. The van der Waals surface area contributed by atoms with Crippen LogP contribution in [0.2, 0.25) is 0 Å². The molecule has 3 nitrogen and oxygen atoms in total. The highest BCUT2D eigenvalue weighted by atomic mass is 16.6. The summed E-state index contributed by atoms with van der Waals surface area (Å²) >= 11 is 0. The summed E-state index contributed by atoms with van der Waals surface area (Å²) in [5, 5.41) is 0. The van der Waals surface area contributed by atoms with Crippen LogP contribution in [0.15, 0.2) is 0 Å². The van der Waals surface area contributed by atoms with Gasteiger partial charge < -0.3 is 9.47 Å². The smallest absolute Gasteiger partial charge is 0.335 e. The molecule has 3 heteroatoms. The Morgan fingerprint density at radius 2 is 1.85 bits per heavy atom. The van der Waals surface area contributed by atoms with Gasteiger partial charge in [0.1, 0.15) is 0 Å². The molecule has 1 aliphatic carbocycles. The van der Waals surface area contributed by atoms with Crippen molar-refractivity contribution >= 4 is 5.97 Å². The molecule has 0 saturated heterocycles. The zero-order valence-electron chi connectivity index (χ0n) is 8.41. The number of methoxy groups -OCH3 is 2. The molecule has 0 aromatic carbocycles. The summed E-state index contributed by atoms with van der Waals surface area (Å²) < 4.78 is 9.86. The fourth-order valence-electron chi connectivity index (χ4n) is 2.03. The first-order chi connectivity index (χ1) is 6.29. The molecule has 0 bridgehead atoms. The van der Waals surface area contributed by atoms with Crippen LogP contribution in [0.3, 0.4) is 0 Å². The Hall–Kier alpha value is -0.570. The van der Waals surface area contributed by atoms with Gasteiger partial charge in [0.25, 0.3) is 0 Å². The van der Waals surface area contributed by atoms with E-state index in [4.69, 9.17) is 9.47 Å². The van der Waals surface area contributed by atoms with E-state index in [0.29, 0.717) is 5.92 Å². The molecule has 0 heterocycles. The number of rotatable bonds is 3. The van der Waals surface area contributed by atoms with Crippen LogP contribution in [-0.4, -0.2) is 26.3 Å². The SMILES string of the molecule is COC(=O)C(OC)C1CCCCC1. The summed E-state index contributed by atoms with van der Waals surface area (Å²) in [6.45, 7) is 0. The summed E-state index contributed by atoms with van der Waals surface area (Å²) in [6, 6.07) is 0. The van der Waals surface area contributed by atoms with Crippen molar-refractivity contribution in [1.29, 1.82) is 0 Å². The van der Waals surface area contributed by atoms with Crippen LogP contribution in [0, 0.1) is 5.92 Å². The zero-order chi connectivity index (χ0) is 9.68. The Labute approximate surface area is 79.4 Å². The molecule has 0 aliphatic heterocycles. The average Bonchev–Trinajstić information content (AvgIpc) is 2.20. The van der Waals surface area contributed by atoms with E-state index in [2.05, 4.69) is 0 Å². The maximum atomic E-state index is 11.3. The second kappa shape index (κ2) is 5.22. The lowest BCUT2D eigenvalue weighted by atomic mass is 9.85. The topological polar surface area (TPSA) is 35.5 Å². The largest absolute Gasteiger partial charge is 0.467 e. The second-order valence-electron chi connectivity index (χ2n) is 3.58. The summed E-state index contributed by atoms with van der Waals surface area (Å²) in [4.78, 5) is 11.3. The molecular weight excluding hydrogens is 168 g/mol. The quantitative estimate of drug-likeness (QED) is 0.630. The van der Waals surface area contributed by atoms with E-state index in [0.717, 1.165) is 12.8 Å². The molecule has 1 atom stereocenters. The van der Waals surface area contributed by atoms with E-state index in [1.54, 1.807) is 7.11 Å². The Balaban J connectivity index is 2.48. The van der Waals surface area contributed by atoms with E-state index in [9.17, 15) is 4.79 Å². The van der Waals surface area contributed by atoms with Gasteiger partial charge >= 0.3 is 5.97 Å². The second-order valence-corrected chi connectivity index (χ2v) is 3.58. The molecule has 1 fully saturated rings. The first-order valence-electron chi connectivity index (χ1n) is 4.90. The van der Waals surface area contributed by atoms with Gasteiger partial charge in [-0.15, -0.1) is 0 Å². The first kappa shape index (κ1) is 10.5. The van der Waals surface area contributed by atoms with Crippen LogP contribution in [0.5, 0.6) is 0 Å². The van der Waals surface area contributed by atoms with Crippen molar-refractivity contribution in [3.05, 3.63) is 0 Å². The maximum Gasteiger partial charge on any atom is 0.335 e. The number of hydrogen-bond donors (Lipinski definition) is 0. The number of carbonyl (C=O) groups excluding carboxylic acids is 1. The van der Waals surface area contributed by atoms with Crippen LogP contribution < -0.4 is 0 Å². The zero-order valence-corrected chi connectivity index (χ0v) is 8.41. The van der Waals surface area contributed by atoms with E-state index < -0.39 is 0 Å². The standard InChI is InChI=1S/C10H18O3/c1-12-9(10(11)13-2)8-6-4-3-5-7-8/h8-9H,3-7H2,1-2H3. The molecule has 0 aromatic heterocycles. The van der Waals surface area contributed by atoms with Gasteiger partial charge in [-0.1, -0.05) is 19.3 Å². The fraction of sp³-hybridized carbons (Fsp3) is 0.900. The molecule has 0 aromatic rings. The van der Waals surface area contributed by atoms with Crippen molar-refractivity contribution < 1.29 is 14.3 Å². The van der Waals surface area contributed by atoms with Gasteiger partial charge in [-0.3, -0.25) is 0 Å². The lowest BCUT2D eigenvalue weighted by Crippen LogP contribution is -2.33. The minimum Gasteiger partial charge on any atom is -0.467 e. The predicted octanol–water partition coefficient (Wildman–Crippen LogP) is 1.75. The predicted molar refractivity (Wildman–Crippen MR) is 49.4 cm³/mol. The molecule has 76 valence electrons. The van der Waals surface area contributed by atoms with Gasteiger partial charge in [0.2, 0.25) is 0 Å². The van der Waals surface area contributed by atoms with Gasteiger partial charge in [0.05, 0.1) is 7.11 Å². The van der Waals surface area contributed by atoms with Crippen LogP contribution in [0.1, 0.15) is 32.1 Å². The Bertz CT molecular complexity index is 162. The highest BCUT2D eigenvalue weighted by Crippen LogP contribution is 2.28. The van der Waals surface area contributed by atoms with Gasteiger partial charge in [0.15, 0.2) is 6.10 Å². The van der Waals surface area contributed by atoms with Crippen molar-refractivity contribution in [2.24, 2.45) is 5.92 Å². The van der Waals surface area contributed by atoms with Gasteiger partial charge in [0, 0.05) is 7.11 Å². The van der Waals surface area contributed by atoms with E-state index in [-0.39, 0.29) is 12.1 Å². The fourth-order valence-corrected chi connectivity index (χ4v) is 2.03. The molecule has 0 spiro atoms. The summed E-state index contributed by atoms with van der Waals surface area (Å²) in [6.07, 6.45) is 5.54. The van der Waals surface area contributed by atoms with Crippen molar-refractivity contribution in [1.82, 2.24) is 0 Å². The Kier molecular flexibility index (Phi) is 4.22. The summed E-state index contributed by atoms with van der Waals surface area (Å²) in [5.41, 5.74) is 0. The average molecular weight is 186 g/mol. The summed E-state index contributed by atoms with van der Waals surface area (Å²) in [5.74, 6) is 0.139. The van der Waals surface area contributed by atoms with Crippen LogP contribution in [0.25, 0.3) is 0 Å². The van der Waals surface area contributed by atoms with Gasteiger partial charge in [-0.25, -0.2) is 4.79 Å². The highest BCUT2D eigenvalue weighted by molar-refractivity contribution is 5.74. The maximum absolute atomic E-state index is 11.3. The Morgan fingerprint density at radius 1 is 1.23 bits per heavy atom. The van der Waals surface area contributed by atoms with E-state index in [1.165, 1.54) is 26.4 Å². The molecule has 1 rings (SSSR count). The van der Waals surface area contributed by atoms with Crippen LogP contribution in [0.4, 0.5) is 0 Å². The van der Waals surface area contributed by atoms with E-state index >= 15 is 0 Å². The van der Waals surface area contributed by atoms with Crippen molar-refractivity contribution in [2.45, 2.75) is 38.2 Å². The van der Waals surface area contributed by atoms with E-state index in [1.807, 2.05) is 0 Å². The lowest BCUT2D eigenvalue weighted by molar-refractivity contribution is -0.156. The number of carbonyl (C=O) groups is 1. The highest BCUT2D eigenvalue weighted by Gasteiger charge is 2.29. The summed E-state index contributed by atoms with van der Waals surface area (Å²) in [7, 11) is 2.99. The van der Waals surface area contributed by atoms with Gasteiger partial charge in [-0.2, -0.15) is 0 Å². The molecule has 0 N–H and O–H groups in total. The molecule has 1 saturated carbocycles. The molecule has 13 heavy (non-hydrogen) atoms. The van der Waals surface area contributed by atoms with Crippen LogP contribution in [-0.2, 0) is 14.3 Å². The number of esters is 1. The molecule has 1 unspecified atom stereocenters. The third-order valence-electron chi connectivity index (χ3n) is 2.77. The van der Waals surface area contributed by atoms with Crippen LogP contribution >= 0.6 is 0 Å². The van der Waals surface area contributed by atoms with Crippen molar-refractivity contribution in [3.8, 4) is 0 Å².